The van der Waals surface area contributed by atoms with Crippen molar-refractivity contribution in [2.45, 2.75) is 46.6 Å². The summed E-state index contributed by atoms with van der Waals surface area (Å²) in [7, 11) is 0. The topological polar surface area (TPSA) is 49.4 Å². The number of hydrogen-bond donors (Lipinski definition) is 1. The van der Waals surface area contributed by atoms with Crippen LogP contribution in [0.1, 0.15) is 40.5 Å². The maximum atomic E-state index is 12.2. The second kappa shape index (κ2) is 6.03. The standard InChI is InChI=1S/C13H24N2O2/c1-5-6-10(4)7-15-8-11(16)14-12(9(2)3)13(15)17/h9-10,12H,5-8H2,1-4H3,(H,14,16). The summed E-state index contributed by atoms with van der Waals surface area (Å²) < 4.78 is 0. The number of nitrogens with one attached hydrogen (secondary N) is 1. The van der Waals surface area contributed by atoms with Crippen molar-refractivity contribution >= 4 is 11.8 Å². The van der Waals surface area contributed by atoms with Crippen molar-refractivity contribution in [2.24, 2.45) is 11.8 Å². The average molecular weight is 240 g/mol. The Morgan fingerprint density at radius 1 is 1.35 bits per heavy atom. The van der Waals surface area contributed by atoms with Crippen molar-refractivity contribution in [2.75, 3.05) is 13.1 Å². The Balaban J connectivity index is 2.64. The fourth-order valence-electron chi connectivity index (χ4n) is 2.30. The molecule has 4 heteroatoms. The molecule has 98 valence electrons. The van der Waals surface area contributed by atoms with Crippen molar-refractivity contribution in [3.05, 3.63) is 0 Å². The first-order valence-corrected chi connectivity index (χ1v) is 6.53. The highest BCUT2D eigenvalue weighted by atomic mass is 16.2. The van der Waals surface area contributed by atoms with Crippen LogP contribution in [0.2, 0.25) is 0 Å². The van der Waals surface area contributed by atoms with Crippen LogP contribution >= 0.6 is 0 Å². The van der Waals surface area contributed by atoms with Gasteiger partial charge in [-0.25, -0.2) is 0 Å². The Labute approximate surface area is 104 Å². The first kappa shape index (κ1) is 14.0. The number of rotatable bonds is 5. The third-order valence-electron chi connectivity index (χ3n) is 3.21. The SMILES string of the molecule is CCCC(C)CN1CC(=O)NC(C(C)C)C1=O. The summed E-state index contributed by atoms with van der Waals surface area (Å²) in [5.41, 5.74) is 0. The fourth-order valence-corrected chi connectivity index (χ4v) is 2.30. The van der Waals surface area contributed by atoms with Crippen LogP contribution in [0.3, 0.4) is 0 Å². The summed E-state index contributed by atoms with van der Waals surface area (Å²) in [6.45, 7) is 9.11. The Morgan fingerprint density at radius 3 is 2.53 bits per heavy atom. The molecule has 0 spiro atoms. The molecule has 0 saturated carbocycles. The van der Waals surface area contributed by atoms with E-state index >= 15 is 0 Å². The molecule has 0 aliphatic carbocycles. The molecule has 0 aromatic heterocycles. The third-order valence-corrected chi connectivity index (χ3v) is 3.21. The number of hydrogen-bond acceptors (Lipinski definition) is 2. The van der Waals surface area contributed by atoms with E-state index in [2.05, 4.69) is 19.2 Å². The van der Waals surface area contributed by atoms with E-state index in [0.717, 1.165) is 12.8 Å². The molecule has 4 nitrogen and oxygen atoms in total. The van der Waals surface area contributed by atoms with Gasteiger partial charge in [-0.3, -0.25) is 9.59 Å². The monoisotopic (exact) mass is 240 g/mol. The summed E-state index contributed by atoms with van der Waals surface area (Å²) in [6.07, 6.45) is 2.21. The molecule has 0 aromatic rings. The Morgan fingerprint density at radius 2 is 2.00 bits per heavy atom. The predicted octanol–water partition coefficient (Wildman–Crippen LogP) is 1.41. The first-order chi connectivity index (χ1) is 7.95. The molecule has 1 rings (SSSR count). The van der Waals surface area contributed by atoms with Crippen molar-refractivity contribution in [3.8, 4) is 0 Å². The molecule has 1 heterocycles. The van der Waals surface area contributed by atoms with Crippen LogP contribution in [0, 0.1) is 11.8 Å². The van der Waals surface area contributed by atoms with E-state index in [1.54, 1.807) is 4.90 Å². The van der Waals surface area contributed by atoms with Crippen LogP contribution in [0.4, 0.5) is 0 Å². The smallest absolute Gasteiger partial charge is 0.245 e. The lowest BCUT2D eigenvalue weighted by Gasteiger charge is -2.35. The van der Waals surface area contributed by atoms with Gasteiger partial charge in [0.25, 0.3) is 0 Å². The minimum absolute atomic E-state index is 0.0352. The molecule has 1 N–H and O–H groups in total. The van der Waals surface area contributed by atoms with Gasteiger partial charge in [0.05, 0.1) is 6.54 Å². The second-order valence-corrected chi connectivity index (χ2v) is 5.40. The van der Waals surface area contributed by atoms with E-state index in [1.807, 2.05) is 13.8 Å². The van der Waals surface area contributed by atoms with Gasteiger partial charge in [-0.15, -0.1) is 0 Å². The van der Waals surface area contributed by atoms with Gasteiger partial charge in [-0.2, -0.15) is 0 Å². The van der Waals surface area contributed by atoms with Crippen LogP contribution in [-0.4, -0.2) is 35.8 Å². The lowest BCUT2D eigenvalue weighted by atomic mass is 9.99. The van der Waals surface area contributed by atoms with Crippen molar-refractivity contribution in [1.82, 2.24) is 10.2 Å². The number of piperazine rings is 1. The quantitative estimate of drug-likeness (QED) is 0.790. The lowest BCUT2D eigenvalue weighted by molar-refractivity contribution is -0.146. The molecule has 0 radical (unpaired) electrons. The summed E-state index contributed by atoms with van der Waals surface area (Å²) in [6, 6.07) is -0.343. The molecule has 1 fully saturated rings. The molecular formula is C13H24N2O2. The van der Waals surface area contributed by atoms with Gasteiger partial charge in [-0.1, -0.05) is 34.1 Å². The zero-order valence-electron chi connectivity index (χ0n) is 11.3. The van der Waals surface area contributed by atoms with Crippen molar-refractivity contribution in [3.63, 3.8) is 0 Å². The van der Waals surface area contributed by atoms with E-state index in [0.29, 0.717) is 12.5 Å². The first-order valence-electron chi connectivity index (χ1n) is 6.53. The zero-order valence-corrected chi connectivity index (χ0v) is 11.3. The summed E-state index contributed by atoms with van der Waals surface area (Å²) >= 11 is 0. The van der Waals surface area contributed by atoms with Gasteiger partial charge in [0.15, 0.2) is 0 Å². The van der Waals surface area contributed by atoms with E-state index in [-0.39, 0.29) is 30.3 Å². The molecule has 2 amide bonds. The van der Waals surface area contributed by atoms with Crippen LogP contribution in [0.25, 0.3) is 0 Å². The molecular weight excluding hydrogens is 216 g/mol. The van der Waals surface area contributed by atoms with E-state index in [9.17, 15) is 9.59 Å². The highest BCUT2D eigenvalue weighted by molar-refractivity contribution is 5.94. The molecule has 1 saturated heterocycles. The van der Waals surface area contributed by atoms with E-state index < -0.39 is 0 Å². The maximum absolute atomic E-state index is 12.2. The Bertz CT molecular complexity index is 289. The van der Waals surface area contributed by atoms with E-state index in [1.165, 1.54) is 0 Å². The highest BCUT2D eigenvalue weighted by Gasteiger charge is 2.34. The van der Waals surface area contributed by atoms with Gasteiger partial charge in [-0.05, 0) is 18.3 Å². The van der Waals surface area contributed by atoms with Gasteiger partial charge in [0, 0.05) is 6.54 Å². The molecule has 17 heavy (non-hydrogen) atoms. The zero-order chi connectivity index (χ0) is 13.0. The molecule has 0 aromatic carbocycles. The van der Waals surface area contributed by atoms with Gasteiger partial charge >= 0.3 is 0 Å². The fraction of sp³-hybridized carbons (Fsp3) is 0.846. The normalized spacial score (nSPS) is 22.9. The largest absolute Gasteiger partial charge is 0.343 e. The van der Waals surface area contributed by atoms with Crippen LogP contribution < -0.4 is 5.32 Å². The third kappa shape index (κ3) is 3.72. The second-order valence-electron chi connectivity index (χ2n) is 5.40. The average Bonchev–Trinajstić information content (AvgIpc) is 2.22. The number of nitrogens with zero attached hydrogens (tertiary/aromatic N) is 1. The van der Waals surface area contributed by atoms with Gasteiger partial charge in [0.2, 0.25) is 11.8 Å². The van der Waals surface area contributed by atoms with Crippen molar-refractivity contribution in [1.29, 1.82) is 0 Å². The van der Waals surface area contributed by atoms with Gasteiger partial charge < -0.3 is 10.2 Å². The van der Waals surface area contributed by atoms with Crippen LogP contribution in [-0.2, 0) is 9.59 Å². The molecule has 2 unspecified atom stereocenters. The van der Waals surface area contributed by atoms with Crippen molar-refractivity contribution < 1.29 is 9.59 Å². The van der Waals surface area contributed by atoms with Gasteiger partial charge in [0.1, 0.15) is 6.04 Å². The maximum Gasteiger partial charge on any atom is 0.245 e. The minimum atomic E-state index is -0.343. The van der Waals surface area contributed by atoms with Crippen LogP contribution in [0.15, 0.2) is 0 Å². The predicted molar refractivity (Wildman–Crippen MR) is 67.4 cm³/mol. The molecule has 1 aliphatic rings. The number of carbonyl (C=O) groups excluding carboxylic acids is 2. The highest BCUT2D eigenvalue weighted by Crippen LogP contribution is 2.14. The molecule has 1 aliphatic heterocycles. The summed E-state index contributed by atoms with van der Waals surface area (Å²) in [4.78, 5) is 25.4. The summed E-state index contributed by atoms with van der Waals surface area (Å²) in [5.74, 6) is 0.646. The molecule has 2 atom stereocenters. The Hall–Kier alpha value is -1.06. The van der Waals surface area contributed by atoms with Crippen LogP contribution in [0.5, 0.6) is 0 Å². The lowest BCUT2D eigenvalue weighted by Crippen LogP contribution is -2.60. The number of carbonyl (C=O) groups is 2. The summed E-state index contributed by atoms with van der Waals surface area (Å²) in [5, 5.41) is 2.77. The molecule has 0 bridgehead atoms. The Kier molecular flexibility index (Phi) is 4.97. The minimum Gasteiger partial charge on any atom is -0.343 e. The number of amides is 2. The van der Waals surface area contributed by atoms with E-state index in [4.69, 9.17) is 0 Å².